The summed E-state index contributed by atoms with van der Waals surface area (Å²) in [5.74, 6) is 0.636. The van der Waals surface area contributed by atoms with E-state index in [2.05, 4.69) is 15.6 Å². The minimum atomic E-state index is -0.0295. The topological polar surface area (TPSA) is 80.0 Å². The van der Waals surface area contributed by atoms with Gasteiger partial charge in [0.05, 0.1) is 17.9 Å². The van der Waals surface area contributed by atoms with E-state index in [-0.39, 0.29) is 12.5 Å². The minimum Gasteiger partial charge on any atom is -0.397 e. The number of aromatic nitrogens is 1. The second-order valence-corrected chi connectivity index (χ2v) is 3.57. The van der Waals surface area contributed by atoms with Gasteiger partial charge in [0.15, 0.2) is 0 Å². The number of nitrogens with two attached hydrogens (primary N) is 1. The van der Waals surface area contributed by atoms with Gasteiger partial charge in [-0.05, 0) is 25.5 Å². The van der Waals surface area contributed by atoms with Crippen LogP contribution in [0.3, 0.4) is 0 Å². The Bertz CT molecular complexity index is 365. The first-order chi connectivity index (χ1) is 7.63. The van der Waals surface area contributed by atoms with Crippen molar-refractivity contribution in [2.24, 2.45) is 0 Å². The molecule has 0 saturated carbocycles. The van der Waals surface area contributed by atoms with Gasteiger partial charge < -0.3 is 16.4 Å². The molecule has 1 aromatic heterocycles. The molecule has 0 atom stereocenters. The maximum absolute atomic E-state index is 11.3. The van der Waals surface area contributed by atoms with Crippen LogP contribution in [0, 0.1) is 6.92 Å². The molecule has 5 nitrogen and oxygen atoms in total. The zero-order valence-electron chi connectivity index (χ0n) is 9.71. The molecule has 4 N–H and O–H groups in total. The number of amides is 1. The SMILES string of the molecule is CCCNC(=O)CNc1ccc(N)c(C)n1. The van der Waals surface area contributed by atoms with E-state index in [4.69, 9.17) is 5.73 Å². The van der Waals surface area contributed by atoms with E-state index in [1.807, 2.05) is 13.8 Å². The highest BCUT2D eigenvalue weighted by molar-refractivity contribution is 5.80. The van der Waals surface area contributed by atoms with Gasteiger partial charge in [-0.15, -0.1) is 0 Å². The highest BCUT2D eigenvalue weighted by Crippen LogP contribution is 2.11. The van der Waals surface area contributed by atoms with E-state index < -0.39 is 0 Å². The normalized spacial score (nSPS) is 9.88. The summed E-state index contributed by atoms with van der Waals surface area (Å²) in [4.78, 5) is 15.5. The van der Waals surface area contributed by atoms with Crippen molar-refractivity contribution in [3.05, 3.63) is 17.8 Å². The fourth-order valence-corrected chi connectivity index (χ4v) is 1.17. The van der Waals surface area contributed by atoms with Crippen molar-refractivity contribution in [2.45, 2.75) is 20.3 Å². The lowest BCUT2D eigenvalue weighted by Gasteiger charge is -2.07. The summed E-state index contributed by atoms with van der Waals surface area (Å²) in [6, 6.07) is 3.53. The van der Waals surface area contributed by atoms with Gasteiger partial charge in [-0.2, -0.15) is 0 Å². The zero-order valence-corrected chi connectivity index (χ0v) is 9.71. The molecule has 0 fully saturated rings. The standard InChI is InChI=1S/C11H18N4O/c1-3-6-13-11(16)7-14-10-5-4-9(12)8(2)15-10/h4-5H,3,6-7,12H2,1-2H3,(H,13,16)(H,14,15). The summed E-state index contributed by atoms with van der Waals surface area (Å²) in [6.07, 6.45) is 0.935. The summed E-state index contributed by atoms with van der Waals surface area (Å²) in [5, 5.41) is 5.72. The van der Waals surface area contributed by atoms with E-state index in [0.29, 0.717) is 18.1 Å². The molecule has 0 aliphatic heterocycles. The number of nitrogens with zero attached hydrogens (tertiary/aromatic N) is 1. The summed E-state index contributed by atoms with van der Waals surface area (Å²) < 4.78 is 0. The quantitative estimate of drug-likeness (QED) is 0.691. The van der Waals surface area contributed by atoms with Gasteiger partial charge >= 0.3 is 0 Å². The minimum absolute atomic E-state index is 0.0295. The molecule has 16 heavy (non-hydrogen) atoms. The van der Waals surface area contributed by atoms with Crippen LogP contribution in [0.4, 0.5) is 11.5 Å². The first-order valence-electron chi connectivity index (χ1n) is 5.37. The fourth-order valence-electron chi connectivity index (χ4n) is 1.17. The van der Waals surface area contributed by atoms with Gasteiger partial charge in [-0.25, -0.2) is 4.98 Å². The lowest BCUT2D eigenvalue weighted by Crippen LogP contribution is -2.30. The van der Waals surface area contributed by atoms with Crippen LogP contribution in [0.5, 0.6) is 0 Å². The van der Waals surface area contributed by atoms with E-state index in [1.165, 1.54) is 0 Å². The van der Waals surface area contributed by atoms with Crippen LogP contribution in [0.1, 0.15) is 19.0 Å². The molecule has 88 valence electrons. The van der Waals surface area contributed by atoms with Crippen LogP contribution in [-0.4, -0.2) is 24.0 Å². The number of carbonyl (C=O) groups excluding carboxylic acids is 1. The Morgan fingerprint density at radius 3 is 2.88 bits per heavy atom. The first kappa shape index (κ1) is 12.3. The Kier molecular flexibility index (Phi) is 4.57. The Hall–Kier alpha value is -1.78. The lowest BCUT2D eigenvalue weighted by molar-refractivity contribution is -0.119. The number of aryl methyl sites for hydroxylation is 1. The molecule has 0 aliphatic carbocycles. The molecule has 0 aliphatic rings. The lowest BCUT2D eigenvalue weighted by atomic mass is 10.3. The van der Waals surface area contributed by atoms with Gasteiger partial charge in [-0.3, -0.25) is 4.79 Å². The molecule has 0 bridgehead atoms. The summed E-state index contributed by atoms with van der Waals surface area (Å²) >= 11 is 0. The molecule has 1 heterocycles. The van der Waals surface area contributed by atoms with Crippen molar-refractivity contribution in [3.63, 3.8) is 0 Å². The number of rotatable bonds is 5. The van der Waals surface area contributed by atoms with Crippen molar-refractivity contribution in [1.82, 2.24) is 10.3 Å². The van der Waals surface area contributed by atoms with Crippen LogP contribution >= 0.6 is 0 Å². The number of nitrogens with one attached hydrogen (secondary N) is 2. The second-order valence-electron chi connectivity index (χ2n) is 3.57. The predicted molar refractivity (Wildman–Crippen MR) is 65.2 cm³/mol. The third-order valence-corrected chi connectivity index (χ3v) is 2.13. The number of carbonyl (C=O) groups is 1. The van der Waals surface area contributed by atoms with Crippen LogP contribution in [0.25, 0.3) is 0 Å². The van der Waals surface area contributed by atoms with Crippen LogP contribution in [0.2, 0.25) is 0 Å². The molecule has 1 amide bonds. The zero-order chi connectivity index (χ0) is 12.0. The van der Waals surface area contributed by atoms with E-state index in [0.717, 1.165) is 12.1 Å². The molecule has 0 radical (unpaired) electrons. The molecule has 0 spiro atoms. The fraction of sp³-hybridized carbons (Fsp3) is 0.455. The first-order valence-corrected chi connectivity index (χ1v) is 5.37. The average molecular weight is 222 g/mol. The van der Waals surface area contributed by atoms with Gasteiger partial charge in [-0.1, -0.05) is 6.92 Å². The Balaban J connectivity index is 2.42. The third kappa shape index (κ3) is 3.76. The molecule has 1 rings (SSSR count). The molecule has 0 aromatic carbocycles. The average Bonchev–Trinajstić information content (AvgIpc) is 2.28. The van der Waals surface area contributed by atoms with Crippen molar-refractivity contribution in [2.75, 3.05) is 24.1 Å². The Morgan fingerprint density at radius 1 is 1.50 bits per heavy atom. The van der Waals surface area contributed by atoms with Gasteiger partial charge in [0, 0.05) is 6.54 Å². The summed E-state index contributed by atoms with van der Waals surface area (Å²) in [6.45, 7) is 4.78. The number of hydrogen-bond acceptors (Lipinski definition) is 4. The smallest absolute Gasteiger partial charge is 0.239 e. The number of pyridine rings is 1. The van der Waals surface area contributed by atoms with E-state index in [1.54, 1.807) is 12.1 Å². The van der Waals surface area contributed by atoms with E-state index >= 15 is 0 Å². The van der Waals surface area contributed by atoms with Crippen molar-refractivity contribution >= 4 is 17.4 Å². The highest BCUT2D eigenvalue weighted by Gasteiger charge is 2.01. The van der Waals surface area contributed by atoms with Gasteiger partial charge in [0.25, 0.3) is 0 Å². The summed E-state index contributed by atoms with van der Waals surface area (Å²) in [7, 11) is 0. The van der Waals surface area contributed by atoms with Crippen molar-refractivity contribution < 1.29 is 4.79 Å². The van der Waals surface area contributed by atoms with Gasteiger partial charge in [0.1, 0.15) is 5.82 Å². The molecular formula is C11H18N4O. The molecule has 5 heteroatoms. The van der Waals surface area contributed by atoms with Crippen molar-refractivity contribution in [1.29, 1.82) is 0 Å². The predicted octanol–water partition coefficient (Wildman–Crippen LogP) is 0.910. The monoisotopic (exact) mass is 222 g/mol. The van der Waals surface area contributed by atoms with Gasteiger partial charge in [0.2, 0.25) is 5.91 Å². The largest absolute Gasteiger partial charge is 0.397 e. The van der Waals surface area contributed by atoms with Crippen LogP contribution < -0.4 is 16.4 Å². The number of hydrogen-bond donors (Lipinski definition) is 3. The van der Waals surface area contributed by atoms with Crippen LogP contribution in [-0.2, 0) is 4.79 Å². The maximum atomic E-state index is 11.3. The maximum Gasteiger partial charge on any atom is 0.239 e. The third-order valence-electron chi connectivity index (χ3n) is 2.13. The molecule has 0 saturated heterocycles. The Labute approximate surface area is 95.4 Å². The van der Waals surface area contributed by atoms with Crippen molar-refractivity contribution in [3.8, 4) is 0 Å². The number of nitrogen functional groups attached to an aromatic ring is 1. The highest BCUT2D eigenvalue weighted by atomic mass is 16.1. The van der Waals surface area contributed by atoms with E-state index in [9.17, 15) is 4.79 Å². The van der Waals surface area contributed by atoms with Crippen LogP contribution in [0.15, 0.2) is 12.1 Å². The molecule has 1 aromatic rings. The Morgan fingerprint density at radius 2 is 2.25 bits per heavy atom. The molecular weight excluding hydrogens is 204 g/mol. The molecule has 0 unspecified atom stereocenters. The second kappa shape index (κ2) is 5.95. The summed E-state index contributed by atoms with van der Waals surface area (Å²) in [5.41, 5.74) is 7.06. The number of anilines is 2.